The van der Waals surface area contributed by atoms with Crippen molar-refractivity contribution in [3.8, 4) is 0 Å². The lowest BCUT2D eigenvalue weighted by molar-refractivity contribution is -0.112. The maximum atomic E-state index is 12.2. The van der Waals surface area contributed by atoms with E-state index in [0.717, 1.165) is 6.29 Å². The Morgan fingerprint density at radius 2 is 2.00 bits per heavy atom. The third-order valence-corrected chi connectivity index (χ3v) is 2.88. The van der Waals surface area contributed by atoms with Crippen LogP contribution in [0, 0.1) is 0 Å². The van der Waals surface area contributed by atoms with E-state index in [0.29, 0.717) is 0 Å². The molecule has 1 fully saturated rings. The van der Waals surface area contributed by atoms with E-state index in [1.165, 1.54) is 0 Å². The molecule has 0 saturated carbocycles. The van der Waals surface area contributed by atoms with Gasteiger partial charge in [0.05, 0.1) is 12.1 Å². The van der Waals surface area contributed by atoms with E-state index in [9.17, 15) is 9.59 Å². The lowest BCUT2D eigenvalue weighted by Gasteiger charge is -2.34. The molecule has 0 aromatic rings. The molecule has 0 N–H and O–H groups in total. The monoisotopic (exact) mass is 257 g/mol. The Bertz CT molecular complexity index is 332. The summed E-state index contributed by atoms with van der Waals surface area (Å²) in [5.74, 6) is 0. The molecule has 1 aliphatic rings. The van der Waals surface area contributed by atoms with E-state index < -0.39 is 17.4 Å². The number of ether oxygens (including phenoxy) is 2. The second-order valence-electron chi connectivity index (χ2n) is 6.10. The van der Waals surface area contributed by atoms with Gasteiger partial charge in [-0.25, -0.2) is 4.79 Å². The number of hydrogen-bond acceptors (Lipinski definition) is 4. The summed E-state index contributed by atoms with van der Waals surface area (Å²) < 4.78 is 11.1. The summed E-state index contributed by atoms with van der Waals surface area (Å²) in [7, 11) is 0. The molecule has 1 heterocycles. The molecule has 0 aromatic heterocycles. The highest BCUT2D eigenvalue weighted by Crippen LogP contribution is 2.34. The van der Waals surface area contributed by atoms with E-state index in [1.54, 1.807) is 18.7 Å². The van der Waals surface area contributed by atoms with Crippen molar-refractivity contribution in [3.63, 3.8) is 0 Å². The van der Waals surface area contributed by atoms with Crippen molar-refractivity contribution in [1.82, 2.24) is 4.90 Å². The summed E-state index contributed by atoms with van der Waals surface area (Å²) in [6, 6.07) is -0.181. The molecule has 0 unspecified atom stereocenters. The van der Waals surface area contributed by atoms with Gasteiger partial charge in [0.1, 0.15) is 17.6 Å². The second kappa shape index (κ2) is 4.88. The molecule has 104 valence electrons. The quantitative estimate of drug-likeness (QED) is 0.712. The van der Waals surface area contributed by atoms with Crippen LogP contribution in [0.15, 0.2) is 0 Å². The summed E-state index contributed by atoms with van der Waals surface area (Å²) in [5.41, 5.74) is -1.30. The average Bonchev–Trinajstić information content (AvgIpc) is 2.34. The summed E-state index contributed by atoms with van der Waals surface area (Å²) in [6.45, 7) is 10.9. The third-order valence-electron chi connectivity index (χ3n) is 2.88. The Morgan fingerprint density at radius 3 is 2.44 bits per heavy atom. The normalized spacial score (nSPS) is 27.1. The third kappa shape index (κ3) is 3.22. The highest BCUT2D eigenvalue weighted by Gasteiger charge is 2.48. The van der Waals surface area contributed by atoms with Crippen LogP contribution in [0.2, 0.25) is 0 Å². The van der Waals surface area contributed by atoms with Crippen molar-refractivity contribution in [3.05, 3.63) is 0 Å². The molecule has 1 saturated heterocycles. The van der Waals surface area contributed by atoms with E-state index in [-0.39, 0.29) is 18.6 Å². The first-order valence-corrected chi connectivity index (χ1v) is 6.22. The van der Waals surface area contributed by atoms with Gasteiger partial charge in [-0.2, -0.15) is 0 Å². The lowest BCUT2D eigenvalue weighted by atomic mass is 10.1. The number of amides is 1. The SMILES string of the molecule is C[C@H]1[C@H](CC=O)OC(C)(C)N1C(=O)OC(C)(C)C. The van der Waals surface area contributed by atoms with Gasteiger partial charge in [0.25, 0.3) is 0 Å². The predicted octanol–water partition coefficient (Wildman–Crippen LogP) is 2.34. The van der Waals surface area contributed by atoms with E-state index in [1.807, 2.05) is 27.7 Å². The highest BCUT2D eigenvalue weighted by atomic mass is 16.6. The zero-order chi connectivity index (χ0) is 14.1. The molecule has 0 radical (unpaired) electrons. The fourth-order valence-electron chi connectivity index (χ4n) is 2.22. The van der Waals surface area contributed by atoms with Gasteiger partial charge < -0.3 is 14.3 Å². The zero-order valence-electron chi connectivity index (χ0n) is 12.0. The standard InChI is InChI=1S/C13H23NO4/c1-9-10(7-8-15)17-13(5,6)14(9)11(16)18-12(2,3)4/h8-10H,7H2,1-6H3/t9-,10-/m0/s1. The molecular weight excluding hydrogens is 234 g/mol. The Hall–Kier alpha value is -1.10. The number of hydrogen-bond donors (Lipinski definition) is 0. The van der Waals surface area contributed by atoms with Crippen molar-refractivity contribution < 1.29 is 19.1 Å². The first-order chi connectivity index (χ1) is 8.08. The molecule has 5 heteroatoms. The van der Waals surface area contributed by atoms with Gasteiger partial charge in [-0.1, -0.05) is 0 Å². The molecule has 1 rings (SSSR count). The van der Waals surface area contributed by atoms with Crippen LogP contribution < -0.4 is 0 Å². The minimum absolute atomic E-state index is 0.181. The second-order valence-corrected chi connectivity index (χ2v) is 6.10. The Morgan fingerprint density at radius 1 is 1.44 bits per heavy atom. The van der Waals surface area contributed by atoms with E-state index in [4.69, 9.17) is 9.47 Å². The van der Waals surface area contributed by atoms with Crippen LogP contribution in [0.25, 0.3) is 0 Å². The summed E-state index contributed by atoms with van der Waals surface area (Å²) >= 11 is 0. The Labute approximate surface area is 108 Å². The highest BCUT2D eigenvalue weighted by molar-refractivity contribution is 5.70. The molecular formula is C13H23NO4. The minimum Gasteiger partial charge on any atom is -0.444 e. The minimum atomic E-state index is -0.755. The number of carbonyl (C=O) groups excluding carboxylic acids is 2. The van der Waals surface area contributed by atoms with Crippen LogP contribution >= 0.6 is 0 Å². The van der Waals surface area contributed by atoms with Crippen molar-refractivity contribution in [2.45, 2.75) is 71.4 Å². The summed E-state index contributed by atoms with van der Waals surface area (Å²) in [4.78, 5) is 24.3. The number of carbonyl (C=O) groups is 2. The zero-order valence-corrected chi connectivity index (χ0v) is 12.0. The maximum Gasteiger partial charge on any atom is 0.412 e. The molecule has 2 atom stereocenters. The van der Waals surface area contributed by atoms with Crippen LogP contribution in [0.5, 0.6) is 0 Å². The van der Waals surface area contributed by atoms with E-state index in [2.05, 4.69) is 0 Å². The smallest absolute Gasteiger partial charge is 0.412 e. The van der Waals surface area contributed by atoms with Gasteiger partial charge in [0, 0.05) is 6.42 Å². The number of nitrogens with zero attached hydrogens (tertiary/aromatic N) is 1. The van der Waals surface area contributed by atoms with Crippen molar-refractivity contribution in [2.75, 3.05) is 0 Å². The Balaban J connectivity index is 2.86. The molecule has 1 aliphatic heterocycles. The molecule has 18 heavy (non-hydrogen) atoms. The van der Waals surface area contributed by atoms with Crippen LogP contribution in [-0.2, 0) is 14.3 Å². The molecule has 0 bridgehead atoms. The van der Waals surface area contributed by atoms with E-state index >= 15 is 0 Å². The fourth-order valence-corrected chi connectivity index (χ4v) is 2.22. The van der Waals surface area contributed by atoms with Crippen LogP contribution in [0.4, 0.5) is 4.79 Å². The molecule has 0 aliphatic carbocycles. The topological polar surface area (TPSA) is 55.8 Å². The van der Waals surface area contributed by atoms with Crippen LogP contribution in [0.1, 0.15) is 48.0 Å². The Kier molecular flexibility index (Phi) is 4.05. The van der Waals surface area contributed by atoms with Gasteiger partial charge in [-0.05, 0) is 41.5 Å². The van der Waals surface area contributed by atoms with Gasteiger partial charge >= 0.3 is 6.09 Å². The van der Waals surface area contributed by atoms with Crippen molar-refractivity contribution >= 4 is 12.4 Å². The largest absolute Gasteiger partial charge is 0.444 e. The van der Waals surface area contributed by atoms with Crippen molar-refractivity contribution in [2.24, 2.45) is 0 Å². The van der Waals surface area contributed by atoms with Crippen molar-refractivity contribution in [1.29, 1.82) is 0 Å². The first-order valence-electron chi connectivity index (χ1n) is 6.22. The van der Waals surface area contributed by atoms with Crippen LogP contribution in [-0.4, -0.2) is 40.8 Å². The van der Waals surface area contributed by atoms with Gasteiger partial charge in [0.2, 0.25) is 0 Å². The van der Waals surface area contributed by atoms with Gasteiger partial charge in [-0.15, -0.1) is 0 Å². The summed E-state index contributed by atoms with van der Waals surface area (Å²) in [6.07, 6.45) is 0.415. The molecule has 1 amide bonds. The lowest BCUT2D eigenvalue weighted by Crippen LogP contribution is -2.49. The van der Waals surface area contributed by atoms with Crippen LogP contribution in [0.3, 0.4) is 0 Å². The number of rotatable bonds is 2. The average molecular weight is 257 g/mol. The summed E-state index contributed by atoms with van der Waals surface area (Å²) in [5, 5.41) is 0. The fraction of sp³-hybridized carbons (Fsp3) is 0.846. The molecule has 0 spiro atoms. The number of aldehydes is 1. The molecule has 5 nitrogen and oxygen atoms in total. The van der Waals surface area contributed by atoms with Gasteiger partial charge in [0.15, 0.2) is 0 Å². The van der Waals surface area contributed by atoms with Gasteiger partial charge in [-0.3, -0.25) is 4.90 Å². The molecule has 0 aromatic carbocycles. The predicted molar refractivity (Wildman–Crippen MR) is 67.2 cm³/mol. The first kappa shape index (κ1) is 15.0. The maximum absolute atomic E-state index is 12.2.